The Labute approximate surface area is 136 Å². The molecule has 1 saturated heterocycles. The average Bonchev–Trinajstić information content (AvgIpc) is 2.77. The van der Waals surface area contributed by atoms with Crippen molar-refractivity contribution in [1.82, 2.24) is 5.32 Å². The van der Waals surface area contributed by atoms with Crippen molar-refractivity contribution in [2.24, 2.45) is 5.73 Å². The molecular weight excluding hydrogens is 288 g/mol. The number of aryl methyl sites for hydroxylation is 1. The van der Waals surface area contributed by atoms with Gasteiger partial charge in [-0.2, -0.15) is 0 Å². The van der Waals surface area contributed by atoms with Gasteiger partial charge in [-0.3, -0.25) is 4.79 Å². The normalized spacial score (nSPS) is 21.6. The molecule has 0 bridgehead atoms. The average molecular weight is 310 g/mol. The summed E-state index contributed by atoms with van der Waals surface area (Å²) in [7, 11) is 0. The van der Waals surface area contributed by atoms with Crippen LogP contribution in [0.15, 0.2) is 48.5 Å². The predicted octanol–water partition coefficient (Wildman–Crippen LogP) is 2.57. The fourth-order valence-corrected chi connectivity index (χ4v) is 2.80. The van der Waals surface area contributed by atoms with E-state index in [1.165, 1.54) is 5.56 Å². The summed E-state index contributed by atoms with van der Waals surface area (Å²) in [4.78, 5) is 12.4. The van der Waals surface area contributed by atoms with Gasteiger partial charge in [-0.05, 0) is 36.1 Å². The molecule has 1 amide bonds. The molecule has 2 aromatic rings. The van der Waals surface area contributed by atoms with E-state index < -0.39 is 6.10 Å². The van der Waals surface area contributed by atoms with Gasteiger partial charge in [0.2, 0.25) is 0 Å². The Morgan fingerprint density at radius 2 is 1.96 bits per heavy atom. The van der Waals surface area contributed by atoms with Gasteiger partial charge in [0, 0.05) is 12.6 Å². The van der Waals surface area contributed by atoms with Crippen molar-refractivity contribution in [3.63, 3.8) is 0 Å². The fraction of sp³-hybridized carbons (Fsp3) is 0.316. The summed E-state index contributed by atoms with van der Waals surface area (Å²) in [5.41, 5.74) is 9.97. The van der Waals surface area contributed by atoms with Crippen LogP contribution >= 0.6 is 0 Å². The molecule has 1 aliphatic rings. The Kier molecular flexibility index (Phi) is 4.74. The lowest BCUT2D eigenvalue weighted by Crippen LogP contribution is -2.40. The van der Waals surface area contributed by atoms with Crippen LogP contribution in [-0.4, -0.2) is 25.1 Å². The molecule has 120 valence electrons. The highest BCUT2D eigenvalue weighted by molar-refractivity contribution is 5.83. The van der Waals surface area contributed by atoms with Gasteiger partial charge < -0.3 is 15.8 Å². The van der Waals surface area contributed by atoms with E-state index in [9.17, 15) is 4.79 Å². The Balaban J connectivity index is 1.87. The predicted molar refractivity (Wildman–Crippen MR) is 90.9 cm³/mol. The van der Waals surface area contributed by atoms with E-state index in [2.05, 4.69) is 36.5 Å². The molecule has 0 radical (unpaired) electrons. The molecule has 1 heterocycles. The molecule has 0 spiro atoms. The quantitative estimate of drug-likeness (QED) is 0.916. The van der Waals surface area contributed by atoms with Crippen LogP contribution in [0.1, 0.15) is 23.7 Å². The number of ether oxygens (including phenoxy) is 1. The molecule has 2 aromatic carbocycles. The molecule has 23 heavy (non-hydrogen) atoms. The smallest absolute Gasteiger partial charge is 0.254 e. The third kappa shape index (κ3) is 3.60. The third-order valence-corrected chi connectivity index (χ3v) is 4.19. The topological polar surface area (TPSA) is 64.3 Å². The lowest BCUT2D eigenvalue weighted by molar-refractivity contribution is -0.131. The summed E-state index contributed by atoms with van der Waals surface area (Å²) in [5.74, 6) is -0.112. The zero-order valence-electron chi connectivity index (χ0n) is 13.3. The third-order valence-electron chi connectivity index (χ3n) is 4.19. The number of hydrogen-bond donors (Lipinski definition) is 2. The Hall–Kier alpha value is -2.17. The number of hydrogen-bond acceptors (Lipinski definition) is 3. The van der Waals surface area contributed by atoms with Gasteiger partial charge >= 0.3 is 0 Å². The maximum atomic E-state index is 12.4. The zero-order valence-corrected chi connectivity index (χ0v) is 13.3. The number of benzene rings is 2. The van der Waals surface area contributed by atoms with Crippen molar-refractivity contribution < 1.29 is 9.53 Å². The molecule has 1 fully saturated rings. The zero-order chi connectivity index (χ0) is 16.2. The minimum Gasteiger partial charge on any atom is -0.364 e. The van der Waals surface area contributed by atoms with Crippen molar-refractivity contribution in [3.05, 3.63) is 59.7 Å². The molecule has 0 saturated carbocycles. The van der Waals surface area contributed by atoms with Crippen LogP contribution in [-0.2, 0) is 9.53 Å². The number of rotatable bonds is 3. The van der Waals surface area contributed by atoms with Crippen LogP contribution in [0.4, 0.5) is 0 Å². The molecule has 0 aromatic heterocycles. The van der Waals surface area contributed by atoms with E-state index in [0.29, 0.717) is 13.2 Å². The van der Waals surface area contributed by atoms with Crippen LogP contribution in [0.2, 0.25) is 0 Å². The van der Waals surface area contributed by atoms with Crippen molar-refractivity contribution in [1.29, 1.82) is 0 Å². The first-order valence-electron chi connectivity index (χ1n) is 7.96. The molecule has 2 atom stereocenters. The standard InChI is InChI=1S/C19H22N2O2/c1-13-5-7-14(8-6-13)15-3-2-4-16(11-15)18-19(22)21-17(12-20)9-10-23-18/h2-8,11,17-18H,9-10,12,20H2,1H3,(H,21,22)/t17-,18-/m0/s1. The van der Waals surface area contributed by atoms with Gasteiger partial charge in [0.15, 0.2) is 6.10 Å². The van der Waals surface area contributed by atoms with E-state index in [-0.39, 0.29) is 11.9 Å². The second kappa shape index (κ2) is 6.94. The maximum Gasteiger partial charge on any atom is 0.254 e. The van der Waals surface area contributed by atoms with Crippen molar-refractivity contribution in [2.45, 2.75) is 25.5 Å². The van der Waals surface area contributed by atoms with E-state index in [4.69, 9.17) is 10.5 Å². The number of nitrogens with one attached hydrogen (secondary N) is 1. The van der Waals surface area contributed by atoms with Crippen molar-refractivity contribution in [3.8, 4) is 11.1 Å². The minimum atomic E-state index is -0.572. The van der Waals surface area contributed by atoms with Crippen LogP contribution < -0.4 is 11.1 Å². The van der Waals surface area contributed by atoms with Gasteiger partial charge in [-0.1, -0.05) is 48.0 Å². The first kappa shape index (κ1) is 15.7. The fourth-order valence-electron chi connectivity index (χ4n) is 2.80. The Morgan fingerprint density at radius 3 is 2.70 bits per heavy atom. The van der Waals surface area contributed by atoms with E-state index in [1.807, 2.05) is 24.3 Å². The summed E-state index contributed by atoms with van der Waals surface area (Å²) >= 11 is 0. The highest BCUT2D eigenvalue weighted by Gasteiger charge is 2.27. The van der Waals surface area contributed by atoms with E-state index in [0.717, 1.165) is 23.1 Å². The molecule has 3 rings (SSSR count). The molecule has 0 unspecified atom stereocenters. The summed E-state index contributed by atoms with van der Waals surface area (Å²) in [6.07, 6.45) is 0.174. The SMILES string of the molecule is Cc1ccc(-c2cccc([C@@H]3OCC[C@@H](CN)NC3=O)c2)cc1. The lowest BCUT2D eigenvalue weighted by Gasteiger charge is -2.16. The molecule has 0 aliphatic carbocycles. The molecular formula is C19H22N2O2. The second-order valence-electron chi connectivity index (χ2n) is 5.97. The Morgan fingerprint density at radius 1 is 1.17 bits per heavy atom. The number of nitrogens with two attached hydrogens (primary N) is 1. The monoisotopic (exact) mass is 310 g/mol. The van der Waals surface area contributed by atoms with Crippen molar-refractivity contribution in [2.75, 3.05) is 13.2 Å². The summed E-state index contributed by atoms with van der Waals surface area (Å²) in [6, 6.07) is 16.3. The van der Waals surface area contributed by atoms with Crippen LogP contribution in [0.3, 0.4) is 0 Å². The molecule has 4 heteroatoms. The number of amides is 1. The highest BCUT2D eigenvalue weighted by atomic mass is 16.5. The summed E-state index contributed by atoms with van der Waals surface area (Å²) in [6.45, 7) is 3.03. The highest BCUT2D eigenvalue weighted by Crippen LogP contribution is 2.26. The van der Waals surface area contributed by atoms with Gasteiger partial charge in [0.05, 0.1) is 6.61 Å². The van der Waals surface area contributed by atoms with E-state index >= 15 is 0 Å². The van der Waals surface area contributed by atoms with Crippen LogP contribution in [0, 0.1) is 6.92 Å². The van der Waals surface area contributed by atoms with Crippen LogP contribution in [0.5, 0.6) is 0 Å². The van der Waals surface area contributed by atoms with Gasteiger partial charge in [-0.15, -0.1) is 0 Å². The van der Waals surface area contributed by atoms with Crippen LogP contribution in [0.25, 0.3) is 11.1 Å². The van der Waals surface area contributed by atoms with Gasteiger partial charge in [0.25, 0.3) is 5.91 Å². The molecule has 3 N–H and O–H groups in total. The first-order chi connectivity index (χ1) is 11.2. The number of carbonyl (C=O) groups is 1. The van der Waals surface area contributed by atoms with E-state index in [1.54, 1.807) is 0 Å². The van der Waals surface area contributed by atoms with Gasteiger partial charge in [-0.25, -0.2) is 0 Å². The second-order valence-corrected chi connectivity index (χ2v) is 5.97. The Bertz CT molecular complexity index is 682. The summed E-state index contributed by atoms with van der Waals surface area (Å²) in [5, 5.41) is 2.95. The molecule has 1 aliphatic heterocycles. The summed E-state index contributed by atoms with van der Waals surface area (Å²) < 4.78 is 5.78. The number of carbonyl (C=O) groups excluding carboxylic acids is 1. The van der Waals surface area contributed by atoms with Gasteiger partial charge in [0.1, 0.15) is 0 Å². The molecule has 4 nitrogen and oxygen atoms in total. The first-order valence-corrected chi connectivity index (χ1v) is 7.96. The van der Waals surface area contributed by atoms with Crippen molar-refractivity contribution >= 4 is 5.91 Å². The maximum absolute atomic E-state index is 12.4. The largest absolute Gasteiger partial charge is 0.364 e. The lowest BCUT2D eigenvalue weighted by atomic mass is 9.99. The minimum absolute atomic E-state index is 0.00668.